The molecule has 2 rings (SSSR count). The van der Waals surface area contributed by atoms with E-state index < -0.39 is 18.2 Å². The van der Waals surface area contributed by atoms with E-state index in [2.05, 4.69) is 0 Å². The average molecular weight is 338 g/mol. The summed E-state index contributed by atoms with van der Waals surface area (Å²) in [6.07, 6.45) is -3.87. The summed E-state index contributed by atoms with van der Waals surface area (Å²) < 4.78 is 44.0. The fraction of sp³-hybridized carbons (Fsp3) is 0.421. The van der Waals surface area contributed by atoms with Gasteiger partial charge in [-0.1, -0.05) is 56.5 Å². The molecule has 0 radical (unpaired) electrons. The molecular formula is C19H21F3O2. The van der Waals surface area contributed by atoms with E-state index in [9.17, 15) is 18.0 Å². The summed E-state index contributed by atoms with van der Waals surface area (Å²) >= 11 is 0. The van der Waals surface area contributed by atoms with Gasteiger partial charge in [-0.05, 0) is 35.7 Å². The van der Waals surface area contributed by atoms with Gasteiger partial charge < -0.3 is 4.74 Å². The molecule has 0 unspecified atom stereocenters. The Morgan fingerprint density at radius 1 is 1.04 bits per heavy atom. The summed E-state index contributed by atoms with van der Waals surface area (Å²) in [5, 5.41) is 1.71. The van der Waals surface area contributed by atoms with Gasteiger partial charge in [-0.3, -0.25) is 0 Å². The lowest BCUT2D eigenvalue weighted by molar-refractivity contribution is -0.206. The predicted octanol–water partition coefficient (Wildman–Crippen LogP) is 5.90. The van der Waals surface area contributed by atoms with Gasteiger partial charge in [0, 0.05) is 0 Å². The average Bonchev–Trinajstić information content (AvgIpc) is 2.56. The third kappa shape index (κ3) is 4.98. The van der Waals surface area contributed by atoms with Gasteiger partial charge in [-0.25, -0.2) is 4.79 Å². The Morgan fingerprint density at radius 2 is 1.75 bits per heavy atom. The molecule has 130 valence electrons. The molecule has 0 amide bonds. The van der Waals surface area contributed by atoms with Crippen LogP contribution in [0.15, 0.2) is 42.5 Å². The number of carbonyl (C=O) groups excluding carboxylic acids is 1. The Balaban J connectivity index is 2.07. The number of carbonyl (C=O) groups is 1. The molecule has 0 aromatic heterocycles. The molecule has 0 aliphatic heterocycles. The van der Waals surface area contributed by atoms with Crippen molar-refractivity contribution in [1.82, 2.24) is 0 Å². The van der Waals surface area contributed by atoms with Crippen LogP contribution < -0.4 is 0 Å². The van der Waals surface area contributed by atoms with Crippen LogP contribution in [0.25, 0.3) is 10.8 Å². The first kappa shape index (κ1) is 18.3. The molecule has 0 saturated carbocycles. The Bertz CT molecular complexity index is 680. The molecule has 0 N–H and O–H groups in total. The fourth-order valence-electron chi connectivity index (χ4n) is 2.56. The molecular weight excluding hydrogens is 317 g/mol. The Labute approximate surface area is 139 Å². The van der Waals surface area contributed by atoms with E-state index in [1.54, 1.807) is 18.2 Å². The van der Waals surface area contributed by atoms with Crippen LogP contribution >= 0.6 is 0 Å². The second-order valence-electron chi connectivity index (χ2n) is 5.85. The maximum Gasteiger partial charge on any atom is 0.425 e. The lowest BCUT2D eigenvalue weighted by Crippen LogP contribution is -2.33. The van der Waals surface area contributed by atoms with E-state index in [0.29, 0.717) is 12.8 Å². The Hall–Kier alpha value is -2.04. The quantitative estimate of drug-likeness (QED) is 0.464. The number of rotatable bonds is 7. The van der Waals surface area contributed by atoms with Gasteiger partial charge in [0.15, 0.2) is 6.10 Å². The monoisotopic (exact) mass is 338 g/mol. The van der Waals surface area contributed by atoms with Crippen molar-refractivity contribution < 1.29 is 22.7 Å². The number of benzene rings is 2. The molecule has 5 heteroatoms. The van der Waals surface area contributed by atoms with Crippen LogP contribution in [0.5, 0.6) is 0 Å². The molecule has 0 fully saturated rings. The number of hydrogen-bond donors (Lipinski definition) is 0. The molecule has 0 bridgehead atoms. The molecule has 0 spiro atoms. The smallest absolute Gasteiger partial charge is 0.425 e. The topological polar surface area (TPSA) is 26.3 Å². The normalized spacial score (nSPS) is 13.0. The molecule has 2 nitrogen and oxygen atoms in total. The fourth-order valence-corrected chi connectivity index (χ4v) is 2.56. The highest BCUT2D eigenvalue weighted by molar-refractivity contribution is 5.95. The summed E-state index contributed by atoms with van der Waals surface area (Å²) in [6, 6.07) is 12.1. The second kappa shape index (κ2) is 8.18. The Morgan fingerprint density at radius 3 is 2.42 bits per heavy atom. The van der Waals surface area contributed by atoms with Crippen LogP contribution in [-0.4, -0.2) is 18.2 Å². The van der Waals surface area contributed by atoms with Crippen molar-refractivity contribution in [3.8, 4) is 0 Å². The zero-order valence-corrected chi connectivity index (χ0v) is 13.6. The van der Waals surface area contributed by atoms with Crippen molar-refractivity contribution in [2.24, 2.45) is 0 Å². The minimum absolute atomic E-state index is 0.136. The lowest BCUT2D eigenvalue weighted by atomic mass is 10.1. The van der Waals surface area contributed by atoms with Crippen molar-refractivity contribution in [3.63, 3.8) is 0 Å². The lowest BCUT2D eigenvalue weighted by Gasteiger charge is -2.20. The SMILES string of the molecule is CCCCCC[C@@H](OC(=O)c1ccc2ccccc2c1)C(F)(F)F. The third-order valence-corrected chi connectivity index (χ3v) is 3.92. The van der Waals surface area contributed by atoms with Crippen molar-refractivity contribution in [2.45, 2.75) is 51.3 Å². The maximum atomic E-state index is 13.1. The first-order chi connectivity index (χ1) is 11.4. The first-order valence-electron chi connectivity index (χ1n) is 8.18. The standard InChI is InChI=1S/C19H21F3O2/c1-2-3-4-5-10-17(19(20,21)22)24-18(23)16-12-11-14-8-6-7-9-15(14)13-16/h6-9,11-13,17H,2-5,10H2,1H3/t17-/m1/s1. The van der Waals surface area contributed by atoms with Crippen molar-refractivity contribution in [1.29, 1.82) is 0 Å². The van der Waals surface area contributed by atoms with Crippen molar-refractivity contribution in [2.75, 3.05) is 0 Å². The van der Waals surface area contributed by atoms with Crippen molar-refractivity contribution in [3.05, 3.63) is 48.0 Å². The van der Waals surface area contributed by atoms with Gasteiger partial charge >= 0.3 is 12.1 Å². The molecule has 0 saturated heterocycles. The highest BCUT2D eigenvalue weighted by Gasteiger charge is 2.42. The van der Waals surface area contributed by atoms with Crippen LogP contribution in [0.2, 0.25) is 0 Å². The van der Waals surface area contributed by atoms with Gasteiger partial charge in [-0.2, -0.15) is 13.2 Å². The second-order valence-corrected chi connectivity index (χ2v) is 5.85. The van der Waals surface area contributed by atoms with E-state index in [0.717, 1.165) is 23.6 Å². The summed E-state index contributed by atoms with van der Waals surface area (Å²) in [4.78, 5) is 12.1. The first-order valence-corrected chi connectivity index (χ1v) is 8.18. The number of halogens is 3. The number of ether oxygens (including phenoxy) is 1. The predicted molar refractivity (Wildman–Crippen MR) is 88.0 cm³/mol. The van der Waals surface area contributed by atoms with E-state index in [1.807, 2.05) is 25.1 Å². The number of hydrogen-bond acceptors (Lipinski definition) is 2. The summed E-state index contributed by atoms with van der Waals surface area (Å²) in [5.74, 6) is -0.932. The van der Waals surface area contributed by atoms with Gasteiger partial charge in [0.25, 0.3) is 0 Å². The molecule has 0 aliphatic carbocycles. The van der Waals surface area contributed by atoms with Crippen LogP contribution in [-0.2, 0) is 4.74 Å². The molecule has 0 aliphatic rings. The van der Waals surface area contributed by atoms with Gasteiger partial charge in [0.05, 0.1) is 5.56 Å². The number of esters is 1. The van der Waals surface area contributed by atoms with Crippen molar-refractivity contribution >= 4 is 16.7 Å². The van der Waals surface area contributed by atoms with Gasteiger partial charge in [0.2, 0.25) is 0 Å². The zero-order chi connectivity index (χ0) is 17.6. The van der Waals surface area contributed by atoms with Gasteiger partial charge in [0.1, 0.15) is 0 Å². The van der Waals surface area contributed by atoms with E-state index >= 15 is 0 Å². The molecule has 24 heavy (non-hydrogen) atoms. The zero-order valence-electron chi connectivity index (χ0n) is 13.6. The largest absolute Gasteiger partial charge is 0.449 e. The molecule has 2 aromatic rings. The van der Waals surface area contributed by atoms with Crippen LogP contribution in [0.4, 0.5) is 13.2 Å². The summed E-state index contributed by atoms with van der Waals surface area (Å²) in [5.41, 5.74) is 0.136. The third-order valence-electron chi connectivity index (χ3n) is 3.92. The minimum Gasteiger partial charge on any atom is -0.449 e. The minimum atomic E-state index is -4.54. The van der Waals surface area contributed by atoms with E-state index in [1.165, 1.54) is 6.07 Å². The van der Waals surface area contributed by atoms with E-state index in [4.69, 9.17) is 4.74 Å². The Kier molecular flexibility index (Phi) is 6.23. The molecule has 0 heterocycles. The van der Waals surface area contributed by atoms with E-state index in [-0.39, 0.29) is 12.0 Å². The molecule has 2 aromatic carbocycles. The van der Waals surface area contributed by atoms with Crippen LogP contribution in [0.3, 0.4) is 0 Å². The number of unbranched alkanes of at least 4 members (excludes halogenated alkanes) is 3. The highest BCUT2D eigenvalue weighted by Crippen LogP contribution is 2.28. The highest BCUT2D eigenvalue weighted by atomic mass is 19.4. The van der Waals surface area contributed by atoms with Crippen LogP contribution in [0.1, 0.15) is 49.4 Å². The number of alkyl halides is 3. The summed E-state index contributed by atoms with van der Waals surface area (Å²) in [7, 11) is 0. The van der Waals surface area contributed by atoms with Gasteiger partial charge in [-0.15, -0.1) is 0 Å². The number of fused-ring (bicyclic) bond motifs is 1. The molecule has 1 atom stereocenters. The summed E-state index contributed by atoms with van der Waals surface area (Å²) in [6.45, 7) is 1.99. The van der Waals surface area contributed by atoms with Crippen LogP contribution in [0, 0.1) is 0 Å². The maximum absolute atomic E-state index is 13.1.